The van der Waals surface area contributed by atoms with Gasteiger partial charge < -0.3 is 55.5 Å². The van der Waals surface area contributed by atoms with Crippen LogP contribution < -0.4 is 21.3 Å². The minimum Gasteiger partial charge on any atom is -0.391 e. The van der Waals surface area contributed by atoms with Crippen molar-refractivity contribution < 1.29 is 53.2 Å². The van der Waals surface area contributed by atoms with Gasteiger partial charge in [-0.05, 0) is 60.8 Å². The van der Waals surface area contributed by atoms with Crippen LogP contribution in [0.2, 0.25) is 0 Å². The number of β-amino-alcohol motifs (C(OH)–C–C–N with tert-alkyl or cyclic N) is 2. The van der Waals surface area contributed by atoms with Crippen LogP contribution in [-0.4, -0.2) is 155 Å². The lowest BCUT2D eigenvalue weighted by Crippen LogP contribution is -2.58. The summed E-state index contributed by atoms with van der Waals surface area (Å²) in [5.41, 5.74) is 7.78. The lowest BCUT2D eigenvalue weighted by Gasteiger charge is -2.35. The summed E-state index contributed by atoms with van der Waals surface area (Å²) in [6, 6.07) is 11.0. The van der Waals surface area contributed by atoms with E-state index in [0.717, 1.165) is 43.4 Å². The first kappa shape index (κ1) is 58.6. The van der Waals surface area contributed by atoms with Crippen molar-refractivity contribution in [2.24, 2.45) is 10.8 Å². The SMILES string of the molecule is Cc1ncsc1-c1ccc([C@H](C)NC(=O)[C@@H]2C[C@@H](O)CN2C(=O)[C@@H](NC(=O)COCCOCCOCC(=O)N[C@H](C(=O)N2C[C@H](O)C[C@H]2C(=O)N[C@@H](C)c2ccc(-c3scnc3C)cc2)C(C)(C)C)C(C)(C)C)cc1. The quantitative estimate of drug-likeness (QED) is 0.0588. The van der Waals surface area contributed by atoms with Crippen LogP contribution >= 0.6 is 22.7 Å². The summed E-state index contributed by atoms with van der Waals surface area (Å²) in [4.78, 5) is 95.2. The molecule has 2 aromatic heterocycles. The summed E-state index contributed by atoms with van der Waals surface area (Å²) in [7, 11) is 0. The number of benzene rings is 2. The first-order valence-corrected chi connectivity index (χ1v) is 27.1. The summed E-state index contributed by atoms with van der Waals surface area (Å²) >= 11 is 3.11. The van der Waals surface area contributed by atoms with Gasteiger partial charge in [0.15, 0.2) is 0 Å². The molecule has 2 saturated heterocycles. The van der Waals surface area contributed by atoms with Crippen molar-refractivity contribution in [3.05, 3.63) is 82.1 Å². The fourth-order valence-corrected chi connectivity index (χ4v) is 10.7. The molecule has 408 valence electrons. The number of hydrogen-bond donors (Lipinski definition) is 6. The number of nitrogens with one attached hydrogen (secondary N) is 4. The van der Waals surface area contributed by atoms with Gasteiger partial charge >= 0.3 is 0 Å². The second-order valence-corrected chi connectivity index (χ2v) is 23.2. The van der Waals surface area contributed by atoms with Crippen LogP contribution in [-0.2, 0) is 43.0 Å². The van der Waals surface area contributed by atoms with Gasteiger partial charge in [-0.1, -0.05) is 90.1 Å². The summed E-state index contributed by atoms with van der Waals surface area (Å²) in [6.45, 7) is 17.8. The van der Waals surface area contributed by atoms with Gasteiger partial charge in [-0.25, -0.2) is 9.97 Å². The first-order chi connectivity index (χ1) is 35.4. The van der Waals surface area contributed by atoms with Crippen molar-refractivity contribution in [2.75, 3.05) is 52.7 Å². The number of aryl methyl sites for hydroxylation is 2. The van der Waals surface area contributed by atoms with Crippen LogP contribution in [0.15, 0.2) is 59.6 Å². The summed E-state index contributed by atoms with van der Waals surface area (Å²) < 4.78 is 16.6. The van der Waals surface area contributed by atoms with Crippen LogP contribution in [0.1, 0.15) is 103 Å². The van der Waals surface area contributed by atoms with E-state index in [2.05, 4.69) is 31.2 Å². The summed E-state index contributed by atoms with van der Waals surface area (Å²) in [5, 5.41) is 32.8. The highest BCUT2D eigenvalue weighted by molar-refractivity contribution is 7.13. The largest absolute Gasteiger partial charge is 0.391 e. The van der Waals surface area contributed by atoms with Crippen molar-refractivity contribution in [3.8, 4) is 20.9 Å². The Morgan fingerprint density at radius 3 is 1.25 bits per heavy atom. The molecule has 75 heavy (non-hydrogen) atoms. The van der Waals surface area contributed by atoms with Crippen molar-refractivity contribution in [1.82, 2.24) is 41.0 Å². The Bertz CT molecular complexity index is 2420. The second-order valence-electron chi connectivity index (χ2n) is 21.5. The standard InChI is InChI=1S/C54H74N8O11S2/c1-31(35-11-15-37(16-12-35)45-33(3)55-29-74-45)57-49(67)41-23-39(63)25-61(41)51(69)47(53(5,6)7)59-43(65)27-72-21-19-71-20-22-73-28-44(66)60-48(54(8,9)10)52(70)62-26-40(64)24-42(62)50(68)58-32(2)36-13-17-38(18-14-36)46-34(4)56-30-75-46/h11-18,29-32,39-42,47-48,63-64H,19-28H2,1-10H3,(H,57,67)(H,58,68)(H,59,65)(H,60,66)/t31-,32-,39+,40+,41-,42-,47+,48+/m0/s1. The third-order valence-corrected chi connectivity index (χ3v) is 15.3. The lowest BCUT2D eigenvalue weighted by molar-refractivity contribution is -0.145. The predicted molar refractivity (Wildman–Crippen MR) is 285 cm³/mol. The van der Waals surface area contributed by atoms with Crippen molar-refractivity contribution in [2.45, 2.75) is 131 Å². The Balaban J connectivity index is 0.891. The Hall–Kier alpha value is -5.68. The van der Waals surface area contributed by atoms with Gasteiger partial charge in [-0.3, -0.25) is 28.8 Å². The molecular formula is C54H74N8O11S2. The van der Waals surface area contributed by atoms with E-state index in [9.17, 15) is 39.0 Å². The number of carbonyl (C=O) groups is 6. The van der Waals surface area contributed by atoms with Crippen molar-refractivity contribution >= 4 is 58.1 Å². The second kappa shape index (κ2) is 25.9. The van der Waals surface area contributed by atoms with E-state index in [1.807, 2.05) is 76.2 Å². The molecule has 0 aliphatic carbocycles. The molecule has 2 fully saturated rings. The number of ether oxygens (including phenoxy) is 3. The smallest absolute Gasteiger partial charge is 0.246 e. The maximum Gasteiger partial charge on any atom is 0.246 e. The summed E-state index contributed by atoms with van der Waals surface area (Å²) in [5.74, 6) is -2.90. The van der Waals surface area contributed by atoms with Crippen LogP contribution in [0.4, 0.5) is 0 Å². The molecule has 0 radical (unpaired) electrons. The highest BCUT2D eigenvalue weighted by atomic mass is 32.1. The van der Waals surface area contributed by atoms with Crippen LogP contribution in [0.3, 0.4) is 0 Å². The minimum absolute atomic E-state index is 0.0355. The van der Waals surface area contributed by atoms with Gasteiger partial charge in [0.1, 0.15) is 37.4 Å². The van der Waals surface area contributed by atoms with Gasteiger partial charge in [0.2, 0.25) is 35.4 Å². The van der Waals surface area contributed by atoms with Gasteiger partial charge in [0.05, 0.1) is 82.9 Å². The number of aliphatic hydroxyl groups is 2. The molecular weight excluding hydrogens is 1000 g/mol. The summed E-state index contributed by atoms with van der Waals surface area (Å²) in [6.07, 6.45) is -1.73. The predicted octanol–water partition coefficient (Wildman–Crippen LogP) is 4.64. The number of hydrogen-bond acceptors (Lipinski definition) is 15. The van der Waals surface area contributed by atoms with Crippen molar-refractivity contribution in [1.29, 1.82) is 0 Å². The number of nitrogens with zero attached hydrogens (tertiary/aromatic N) is 4. The highest BCUT2D eigenvalue weighted by Crippen LogP contribution is 2.32. The molecule has 0 saturated carbocycles. The first-order valence-electron chi connectivity index (χ1n) is 25.3. The molecule has 0 spiro atoms. The molecule has 0 unspecified atom stereocenters. The van der Waals surface area contributed by atoms with E-state index in [1.165, 1.54) is 9.80 Å². The van der Waals surface area contributed by atoms with Crippen molar-refractivity contribution in [3.63, 3.8) is 0 Å². The average molecular weight is 1080 g/mol. The lowest BCUT2D eigenvalue weighted by atomic mass is 9.85. The molecule has 6 rings (SSSR count). The molecule has 6 amide bonds. The number of carbonyl (C=O) groups excluding carboxylic acids is 6. The van der Waals surface area contributed by atoms with E-state index in [1.54, 1.807) is 75.2 Å². The van der Waals surface area contributed by atoms with Gasteiger partial charge in [-0.15, -0.1) is 22.7 Å². The molecule has 4 heterocycles. The maximum absolute atomic E-state index is 14.1. The van der Waals surface area contributed by atoms with Gasteiger partial charge in [0, 0.05) is 25.9 Å². The third kappa shape index (κ3) is 15.7. The molecule has 8 atom stereocenters. The highest BCUT2D eigenvalue weighted by Gasteiger charge is 2.46. The Morgan fingerprint density at radius 1 is 0.587 bits per heavy atom. The van der Waals surface area contributed by atoms with E-state index in [-0.39, 0.29) is 77.7 Å². The number of aromatic nitrogens is 2. The Labute approximate surface area is 447 Å². The minimum atomic E-state index is -1.03. The molecule has 2 aliphatic rings. The van der Waals surface area contributed by atoms with Gasteiger partial charge in [-0.2, -0.15) is 0 Å². The van der Waals surface area contributed by atoms with Gasteiger partial charge in [0.25, 0.3) is 0 Å². The molecule has 21 heteroatoms. The monoisotopic (exact) mass is 1070 g/mol. The molecule has 19 nitrogen and oxygen atoms in total. The number of likely N-dealkylation sites (tertiary alicyclic amines) is 2. The zero-order chi connectivity index (χ0) is 54.8. The average Bonchev–Trinajstić information content (AvgIpc) is 4.18. The maximum atomic E-state index is 14.1. The number of rotatable bonds is 22. The molecule has 4 aromatic rings. The van der Waals surface area contributed by atoms with E-state index in [4.69, 9.17) is 14.2 Å². The normalized spacial score (nSPS) is 19.5. The Kier molecular flexibility index (Phi) is 20.2. The fourth-order valence-electron chi connectivity index (χ4n) is 9.10. The molecule has 2 aromatic carbocycles. The number of aliphatic hydroxyl groups excluding tert-OH is 2. The zero-order valence-corrected chi connectivity index (χ0v) is 46.3. The van der Waals surface area contributed by atoms with E-state index < -0.39 is 82.6 Å². The molecule has 2 aliphatic heterocycles. The molecule has 0 bridgehead atoms. The van der Waals surface area contributed by atoms with Crippen LogP contribution in [0.25, 0.3) is 20.9 Å². The number of amides is 6. The van der Waals surface area contributed by atoms with Crippen LogP contribution in [0.5, 0.6) is 0 Å². The van der Waals surface area contributed by atoms with Crippen LogP contribution in [0, 0.1) is 24.7 Å². The number of thiazole rings is 2. The van der Waals surface area contributed by atoms with E-state index in [0.29, 0.717) is 0 Å². The fraction of sp³-hybridized carbons (Fsp3) is 0.556. The third-order valence-electron chi connectivity index (χ3n) is 13.3. The molecule has 6 N–H and O–H groups in total. The van der Waals surface area contributed by atoms with E-state index >= 15 is 0 Å². The topological polar surface area (TPSA) is 251 Å². The Morgan fingerprint density at radius 2 is 0.933 bits per heavy atom. The zero-order valence-electron chi connectivity index (χ0n) is 44.6.